The zero-order valence-electron chi connectivity index (χ0n) is 12.2. The molecular formula is C18H18O3. The fourth-order valence-electron chi connectivity index (χ4n) is 3.04. The Kier molecular flexibility index (Phi) is 3.65. The molecule has 0 bridgehead atoms. The van der Waals surface area contributed by atoms with Crippen LogP contribution in [0.5, 0.6) is 5.75 Å². The van der Waals surface area contributed by atoms with Gasteiger partial charge in [0, 0.05) is 12.8 Å². The Bertz CT molecular complexity index is 649. The van der Waals surface area contributed by atoms with Gasteiger partial charge >= 0.3 is 5.97 Å². The largest absolute Gasteiger partial charge is 0.497 e. The molecule has 2 aromatic rings. The van der Waals surface area contributed by atoms with Gasteiger partial charge in [-0.25, -0.2) is 0 Å². The van der Waals surface area contributed by atoms with Gasteiger partial charge in [-0.15, -0.1) is 0 Å². The third kappa shape index (κ3) is 2.64. The van der Waals surface area contributed by atoms with Crippen molar-refractivity contribution in [2.24, 2.45) is 0 Å². The van der Waals surface area contributed by atoms with Crippen molar-refractivity contribution < 1.29 is 14.3 Å². The predicted octanol–water partition coefficient (Wildman–Crippen LogP) is 3.64. The summed E-state index contributed by atoms with van der Waals surface area (Å²) >= 11 is 0. The lowest BCUT2D eigenvalue weighted by Gasteiger charge is -2.20. The number of carbonyl (C=O) groups excluding carboxylic acids is 1. The van der Waals surface area contributed by atoms with Gasteiger partial charge in [0.25, 0.3) is 0 Å². The lowest BCUT2D eigenvalue weighted by molar-refractivity contribution is -0.147. The van der Waals surface area contributed by atoms with E-state index >= 15 is 0 Å². The fourth-order valence-corrected chi connectivity index (χ4v) is 3.04. The number of hydrogen-bond acceptors (Lipinski definition) is 3. The Hall–Kier alpha value is -2.29. The van der Waals surface area contributed by atoms with Crippen molar-refractivity contribution in [3.63, 3.8) is 0 Å². The maximum absolute atomic E-state index is 11.5. The van der Waals surface area contributed by atoms with Crippen LogP contribution in [0.4, 0.5) is 0 Å². The summed E-state index contributed by atoms with van der Waals surface area (Å²) < 4.78 is 10.9. The topological polar surface area (TPSA) is 35.5 Å². The molecule has 0 saturated carbocycles. The molecule has 108 valence electrons. The monoisotopic (exact) mass is 282 g/mol. The molecule has 0 N–H and O–H groups in total. The lowest BCUT2D eigenvalue weighted by atomic mass is 9.94. The van der Waals surface area contributed by atoms with Crippen molar-refractivity contribution in [1.29, 1.82) is 0 Å². The minimum Gasteiger partial charge on any atom is -0.497 e. The molecule has 0 amide bonds. The summed E-state index contributed by atoms with van der Waals surface area (Å²) in [6.07, 6.45) is 0.639. The van der Waals surface area contributed by atoms with E-state index in [0.717, 1.165) is 17.7 Å². The molecule has 3 nitrogen and oxygen atoms in total. The van der Waals surface area contributed by atoms with Crippen molar-refractivity contribution in [3.8, 4) is 5.75 Å². The van der Waals surface area contributed by atoms with Crippen molar-refractivity contribution in [2.45, 2.75) is 25.4 Å². The van der Waals surface area contributed by atoms with E-state index in [4.69, 9.17) is 9.47 Å². The van der Waals surface area contributed by atoms with Gasteiger partial charge in [-0.05, 0) is 35.2 Å². The van der Waals surface area contributed by atoms with Gasteiger partial charge in [-0.1, -0.05) is 36.4 Å². The maximum atomic E-state index is 11.5. The van der Waals surface area contributed by atoms with Gasteiger partial charge in [0.05, 0.1) is 7.11 Å². The van der Waals surface area contributed by atoms with Gasteiger partial charge in [0.2, 0.25) is 0 Å². The zero-order valence-corrected chi connectivity index (χ0v) is 12.2. The second-order valence-electron chi connectivity index (χ2n) is 5.32. The molecule has 2 aromatic carbocycles. The molecule has 1 aliphatic carbocycles. The van der Waals surface area contributed by atoms with Crippen LogP contribution in [0.15, 0.2) is 48.5 Å². The van der Waals surface area contributed by atoms with E-state index < -0.39 is 0 Å². The predicted molar refractivity (Wildman–Crippen MR) is 80.4 cm³/mol. The van der Waals surface area contributed by atoms with E-state index in [1.54, 1.807) is 7.11 Å². The van der Waals surface area contributed by atoms with Crippen molar-refractivity contribution in [3.05, 3.63) is 65.2 Å². The van der Waals surface area contributed by atoms with Crippen LogP contribution in [0.25, 0.3) is 0 Å². The molecule has 0 radical (unpaired) electrons. The third-order valence-corrected chi connectivity index (χ3v) is 3.98. The number of fused-ring (bicyclic) bond motifs is 1. The highest BCUT2D eigenvalue weighted by molar-refractivity contribution is 5.67. The van der Waals surface area contributed by atoms with Crippen LogP contribution in [0, 0.1) is 0 Å². The van der Waals surface area contributed by atoms with Crippen LogP contribution in [-0.4, -0.2) is 13.1 Å². The van der Waals surface area contributed by atoms with Crippen LogP contribution < -0.4 is 4.74 Å². The number of carbonyl (C=O) groups is 1. The average molecular weight is 282 g/mol. The highest BCUT2D eigenvalue weighted by Crippen LogP contribution is 2.45. The number of esters is 1. The molecule has 0 unspecified atom stereocenters. The summed E-state index contributed by atoms with van der Waals surface area (Å²) in [6.45, 7) is 1.46. The summed E-state index contributed by atoms with van der Waals surface area (Å²) in [7, 11) is 1.66. The van der Waals surface area contributed by atoms with Crippen LogP contribution >= 0.6 is 0 Å². The second-order valence-corrected chi connectivity index (χ2v) is 5.32. The smallest absolute Gasteiger partial charge is 0.303 e. The average Bonchev–Trinajstić information content (AvgIpc) is 2.85. The Balaban J connectivity index is 2.00. The number of methoxy groups -OCH3 is 1. The van der Waals surface area contributed by atoms with Crippen LogP contribution in [0.1, 0.15) is 35.6 Å². The lowest BCUT2D eigenvalue weighted by Crippen LogP contribution is -2.13. The normalized spacial score (nSPS) is 19.9. The van der Waals surface area contributed by atoms with Crippen LogP contribution in [0.2, 0.25) is 0 Å². The van der Waals surface area contributed by atoms with Gasteiger partial charge in [0.1, 0.15) is 11.9 Å². The van der Waals surface area contributed by atoms with Crippen LogP contribution in [-0.2, 0) is 16.0 Å². The van der Waals surface area contributed by atoms with E-state index in [0.29, 0.717) is 0 Å². The molecule has 3 rings (SSSR count). The molecular weight excluding hydrogens is 264 g/mol. The molecule has 0 saturated heterocycles. The minimum absolute atomic E-state index is 0.164. The summed E-state index contributed by atoms with van der Waals surface area (Å²) in [6, 6.07) is 16.2. The van der Waals surface area contributed by atoms with Gasteiger partial charge in [-0.3, -0.25) is 4.79 Å². The first-order chi connectivity index (χ1) is 10.2. The molecule has 0 aromatic heterocycles. The Morgan fingerprint density at radius 1 is 1.14 bits per heavy atom. The van der Waals surface area contributed by atoms with Gasteiger partial charge in [0.15, 0.2) is 0 Å². The first-order valence-corrected chi connectivity index (χ1v) is 7.08. The fraction of sp³-hybridized carbons (Fsp3) is 0.278. The first-order valence-electron chi connectivity index (χ1n) is 7.08. The summed E-state index contributed by atoms with van der Waals surface area (Å²) in [5.74, 6) is 0.755. The van der Waals surface area contributed by atoms with E-state index in [-0.39, 0.29) is 18.0 Å². The molecule has 0 aliphatic heterocycles. The molecule has 21 heavy (non-hydrogen) atoms. The van der Waals surface area contributed by atoms with E-state index in [1.807, 2.05) is 36.4 Å². The van der Waals surface area contributed by atoms with Gasteiger partial charge < -0.3 is 9.47 Å². The number of ether oxygens (including phenoxy) is 2. The van der Waals surface area contributed by atoms with Crippen molar-refractivity contribution >= 4 is 5.97 Å². The standard InChI is InChI=1S/C18H18O3/c1-12(19)21-18-16-9-8-15(20-2)10-14(16)11-17(18)13-6-4-3-5-7-13/h3-10,17-18H,11H2,1-2H3/t17-,18+/m1/s1. The van der Waals surface area contributed by atoms with Crippen LogP contribution in [0.3, 0.4) is 0 Å². The summed E-state index contributed by atoms with van der Waals surface area (Å²) in [5, 5.41) is 0. The number of rotatable bonds is 3. The molecule has 2 atom stereocenters. The van der Waals surface area contributed by atoms with Crippen molar-refractivity contribution in [2.75, 3.05) is 7.11 Å². The highest BCUT2D eigenvalue weighted by atomic mass is 16.5. The molecule has 0 heterocycles. The van der Waals surface area contributed by atoms with Crippen molar-refractivity contribution in [1.82, 2.24) is 0 Å². The third-order valence-electron chi connectivity index (χ3n) is 3.98. The number of benzene rings is 2. The number of hydrogen-bond donors (Lipinski definition) is 0. The maximum Gasteiger partial charge on any atom is 0.303 e. The molecule has 0 fully saturated rings. The quantitative estimate of drug-likeness (QED) is 0.806. The Morgan fingerprint density at radius 2 is 1.90 bits per heavy atom. The summed E-state index contributed by atoms with van der Waals surface area (Å²) in [4.78, 5) is 11.5. The van der Waals surface area contributed by atoms with E-state index in [2.05, 4.69) is 12.1 Å². The molecule has 1 aliphatic rings. The molecule has 3 heteroatoms. The first kappa shape index (κ1) is 13.7. The Labute approximate surface area is 124 Å². The summed E-state index contributed by atoms with van der Waals surface area (Å²) in [5.41, 5.74) is 3.47. The zero-order chi connectivity index (χ0) is 14.8. The van der Waals surface area contributed by atoms with Gasteiger partial charge in [-0.2, -0.15) is 0 Å². The Morgan fingerprint density at radius 3 is 2.57 bits per heavy atom. The van der Waals surface area contributed by atoms with E-state index in [9.17, 15) is 4.79 Å². The minimum atomic E-state index is -0.246. The molecule has 0 spiro atoms. The highest BCUT2D eigenvalue weighted by Gasteiger charge is 2.36. The second kappa shape index (κ2) is 5.60. The van der Waals surface area contributed by atoms with E-state index in [1.165, 1.54) is 18.1 Å². The SMILES string of the molecule is COc1ccc2c(c1)C[C@H](c1ccccc1)[C@H]2OC(C)=O.